The molecular formula is C17H14N2O3S. The summed E-state index contributed by atoms with van der Waals surface area (Å²) >= 11 is 1.42. The molecule has 0 saturated carbocycles. The van der Waals surface area contributed by atoms with Crippen molar-refractivity contribution < 1.29 is 9.53 Å². The molecule has 0 aliphatic carbocycles. The van der Waals surface area contributed by atoms with Crippen LogP contribution in [0.5, 0.6) is 0 Å². The first-order valence-electron chi connectivity index (χ1n) is 7.37. The highest BCUT2D eigenvalue weighted by atomic mass is 32.1. The molecule has 1 aliphatic heterocycles. The van der Waals surface area contributed by atoms with E-state index in [0.29, 0.717) is 28.9 Å². The van der Waals surface area contributed by atoms with Gasteiger partial charge in [0.25, 0.3) is 5.56 Å². The van der Waals surface area contributed by atoms with Gasteiger partial charge in [0, 0.05) is 11.3 Å². The zero-order chi connectivity index (χ0) is 16.0. The number of benzene rings is 1. The van der Waals surface area contributed by atoms with Crippen LogP contribution in [-0.2, 0) is 16.0 Å². The molecule has 1 aliphatic rings. The van der Waals surface area contributed by atoms with Gasteiger partial charge in [-0.25, -0.2) is 9.78 Å². The molecule has 2 aromatic heterocycles. The Hall–Kier alpha value is -2.47. The van der Waals surface area contributed by atoms with Gasteiger partial charge in [0.2, 0.25) is 0 Å². The second-order valence-electron chi connectivity index (χ2n) is 5.47. The van der Waals surface area contributed by atoms with E-state index in [2.05, 4.69) is 4.98 Å². The summed E-state index contributed by atoms with van der Waals surface area (Å²) in [6.07, 6.45) is 1.18. The first-order chi connectivity index (χ1) is 11.2. The molecular weight excluding hydrogens is 312 g/mol. The number of aromatic nitrogens is 2. The number of aryl methyl sites for hydroxylation is 1. The Morgan fingerprint density at radius 1 is 1.35 bits per heavy atom. The number of rotatable bonds is 2. The van der Waals surface area contributed by atoms with E-state index in [1.54, 1.807) is 0 Å². The second-order valence-corrected chi connectivity index (χ2v) is 6.52. The third kappa shape index (κ3) is 2.17. The van der Waals surface area contributed by atoms with Crippen LogP contribution in [-0.4, -0.2) is 22.6 Å². The number of esters is 1. The summed E-state index contributed by atoms with van der Waals surface area (Å²) in [5.41, 5.74) is 1.62. The van der Waals surface area contributed by atoms with Crippen molar-refractivity contribution in [1.29, 1.82) is 0 Å². The maximum absolute atomic E-state index is 12.8. The number of hydrogen-bond acceptors (Lipinski definition) is 5. The molecule has 116 valence electrons. The maximum atomic E-state index is 12.8. The number of fused-ring (bicyclic) bond motifs is 2. The highest BCUT2D eigenvalue weighted by Gasteiger charge is 2.32. The standard InChI is InChI=1S/C17H14N2O3S/c1-22-17(21)12-7-8-14-18-11-9-13(10-5-3-2-4-6-10)23-15(11)16(20)19(12)14/h2-6,9,12H,7-8H2,1H3/t12-/m1/s1. The minimum atomic E-state index is -0.554. The van der Waals surface area contributed by atoms with E-state index in [0.717, 1.165) is 10.4 Å². The number of carbonyl (C=O) groups excluding carboxylic acids is 1. The molecule has 23 heavy (non-hydrogen) atoms. The molecule has 0 spiro atoms. The fourth-order valence-corrected chi connectivity index (χ4v) is 4.07. The lowest BCUT2D eigenvalue weighted by Crippen LogP contribution is -2.28. The third-order valence-electron chi connectivity index (χ3n) is 4.14. The minimum absolute atomic E-state index is 0.148. The van der Waals surface area contributed by atoms with Crippen LogP contribution in [0.15, 0.2) is 41.2 Å². The number of nitrogens with zero attached hydrogens (tertiary/aromatic N) is 2. The first kappa shape index (κ1) is 14.1. The number of ether oxygens (including phenoxy) is 1. The fraction of sp³-hybridized carbons (Fsp3) is 0.235. The van der Waals surface area contributed by atoms with Crippen molar-refractivity contribution in [3.05, 3.63) is 52.6 Å². The summed E-state index contributed by atoms with van der Waals surface area (Å²) in [5, 5.41) is 0. The summed E-state index contributed by atoms with van der Waals surface area (Å²) < 4.78 is 6.90. The number of thiophene rings is 1. The van der Waals surface area contributed by atoms with Crippen molar-refractivity contribution in [3.8, 4) is 10.4 Å². The SMILES string of the molecule is COC(=O)[C@H]1CCc2nc3cc(-c4ccccc4)sc3c(=O)n21. The smallest absolute Gasteiger partial charge is 0.329 e. The Morgan fingerprint density at radius 3 is 2.87 bits per heavy atom. The van der Waals surface area contributed by atoms with E-state index in [4.69, 9.17) is 4.74 Å². The molecule has 0 saturated heterocycles. The van der Waals surface area contributed by atoms with Crippen LogP contribution >= 0.6 is 11.3 Å². The lowest BCUT2D eigenvalue weighted by atomic mass is 10.2. The number of carbonyl (C=O) groups is 1. The van der Waals surface area contributed by atoms with Gasteiger partial charge in [-0.1, -0.05) is 30.3 Å². The van der Waals surface area contributed by atoms with E-state index < -0.39 is 6.04 Å². The van der Waals surface area contributed by atoms with Crippen molar-refractivity contribution in [2.45, 2.75) is 18.9 Å². The van der Waals surface area contributed by atoms with Gasteiger partial charge in [-0.2, -0.15) is 0 Å². The predicted molar refractivity (Wildman–Crippen MR) is 88.7 cm³/mol. The molecule has 0 bridgehead atoms. The van der Waals surface area contributed by atoms with Crippen molar-refractivity contribution in [2.75, 3.05) is 7.11 Å². The first-order valence-corrected chi connectivity index (χ1v) is 8.19. The quantitative estimate of drug-likeness (QED) is 0.679. The Labute approximate surface area is 136 Å². The maximum Gasteiger partial charge on any atom is 0.329 e. The lowest BCUT2D eigenvalue weighted by Gasteiger charge is -2.11. The van der Waals surface area contributed by atoms with Crippen LogP contribution in [0.2, 0.25) is 0 Å². The monoisotopic (exact) mass is 326 g/mol. The van der Waals surface area contributed by atoms with E-state index in [9.17, 15) is 9.59 Å². The van der Waals surface area contributed by atoms with Crippen LogP contribution in [0.4, 0.5) is 0 Å². The van der Waals surface area contributed by atoms with Crippen LogP contribution in [0.25, 0.3) is 20.7 Å². The Balaban J connectivity index is 1.90. The number of hydrogen-bond donors (Lipinski definition) is 0. The predicted octanol–water partition coefficient (Wildman–Crippen LogP) is 2.79. The normalized spacial score (nSPS) is 16.5. The Kier molecular flexibility index (Phi) is 3.27. The zero-order valence-electron chi connectivity index (χ0n) is 12.5. The molecule has 3 heterocycles. The Morgan fingerprint density at radius 2 is 2.13 bits per heavy atom. The fourth-order valence-electron chi connectivity index (χ4n) is 3.03. The van der Waals surface area contributed by atoms with E-state index in [1.165, 1.54) is 23.0 Å². The van der Waals surface area contributed by atoms with Gasteiger partial charge < -0.3 is 4.74 Å². The molecule has 0 radical (unpaired) electrons. The number of methoxy groups -OCH3 is 1. The molecule has 3 aromatic rings. The van der Waals surface area contributed by atoms with E-state index in [1.807, 2.05) is 36.4 Å². The molecule has 0 fully saturated rings. The Bertz CT molecular complexity index is 959. The average Bonchev–Trinajstić information content (AvgIpc) is 3.20. The summed E-state index contributed by atoms with van der Waals surface area (Å²) in [4.78, 5) is 30.3. The van der Waals surface area contributed by atoms with Crippen LogP contribution in [0.3, 0.4) is 0 Å². The molecule has 0 amide bonds. The minimum Gasteiger partial charge on any atom is -0.467 e. The average molecular weight is 326 g/mol. The highest BCUT2D eigenvalue weighted by molar-refractivity contribution is 7.22. The summed E-state index contributed by atoms with van der Waals surface area (Å²) in [6, 6.07) is 11.3. The molecule has 0 N–H and O–H groups in total. The zero-order valence-corrected chi connectivity index (χ0v) is 13.3. The van der Waals surface area contributed by atoms with Crippen LogP contribution in [0.1, 0.15) is 18.3 Å². The van der Waals surface area contributed by atoms with Gasteiger partial charge in [0.15, 0.2) is 0 Å². The van der Waals surface area contributed by atoms with E-state index >= 15 is 0 Å². The molecule has 1 aromatic carbocycles. The summed E-state index contributed by atoms with van der Waals surface area (Å²) in [7, 11) is 1.34. The molecule has 4 rings (SSSR count). The van der Waals surface area contributed by atoms with Crippen molar-refractivity contribution in [1.82, 2.24) is 9.55 Å². The molecule has 5 nitrogen and oxygen atoms in total. The third-order valence-corrected chi connectivity index (χ3v) is 5.30. The highest BCUT2D eigenvalue weighted by Crippen LogP contribution is 2.33. The van der Waals surface area contributed by atoms with Gasteiger partial charge in [-0.05, 0) is 18.1 Å². The van der Waals surface area contributed by atoms with Crippen molar-refractivity contribution >= 4 is 27.5 Å². The second kappa shape index (κ2) is 5.31. The van der Waals surface area contributed by atoms with Gasteiger partial charge in [0.05, 0.1) is 12.6 Å². The van der Waals surface area contributed by atoms with Gasteiger partial charge in [0.1, 0.15) is 16.6 Å². The lowest BCUT2D eigenvalue weighted by molar-refractivity contribution is -0.144. The molecule has 1 atom stereocenters. The van der Waals surface area contributed by atoms with Gasteiger partial charge in [-0.15, -0.1) is 11.3 Å². The summed E-state index contributed by atoms with van der Waals surface area (Å²) in [6.45, 7) is 0. The van der Waals surface area contributed by atoms with Crippen LogP contribution in [0, 0.1) is 0 Å². The van der Waals surface area contributed by atoms with Crippen molar-refractivity contribution in [3.63, 3.8) is 0 Å². The van der Waals surface area contributed by atoms with Gasteiger partial charge in [-0.3, -0.25) is 9.36 Å². The van der Waals surface area contributed by atoms with Gasteiger partial charge >= 0.3 is 5.97 Å². The van der Waals surface area contributed by atoms with E-state index in [-0.39, 0.29) is 11.5 Å². The molecule has 0 unspecified atom stereocenters. The topological polar surface area (TPSA) is 61.2 Å². The largest absolute Gasteiger partial charge is 0.467 e. The van der Waals surface area contributed by atoms with Crippen LogP contribution < -0.4 is 5.56 Å². The van der Waals surface area contributed by atoms with Crippen molar-refractivity contribution in [2.24, 2.45) is 0 Å². The molecule has 6 heteroatoms. The summed E-state index contributed by atoms with van der Waals surface area (Å²) in [5.74, 6) is 0.280.